The van der Waals surface area contributed by atoms with Crippen molar-refractivity contribution >= 4 is 34.5 Å². The van der Waals surface area contributed by atoms with Gasteiger partial charge in [0.15, 0.2) is 0 Å². The highest BCUT2D eigenvalue weighted by atomic mass is 35.5. The average molecular weight is 286 g/mol. The smallest absolute Gasteiger partial charge is 0.0424 e. The lowest BCUT2D eigenvalue weighted by Gasteiger charge is -2.16. The van der Waals surface area contributed by atoms with Gasteiger partial charge in [0, 0.05) is 27.4 Å². The van der Waals surface area contributed by atoms with Crippen LogP contribution in [0.1, 0.15) is 16.5 Å². The van der Waals surface area contributed by atoms with Crippen molar-refractivity contribution in [3.63, 3.8) is 0 Å². The quantitative estimate of drug-likeness (QED) is 0.869. The Kier molecular flexibility index (Phi) is 4.46. The van der Waals surface area contributed by atoms with E-state index in [-0.39, 0.29) is 6.04 Å². The number of halogens is 2. The first-order valence-corrected chi connectivity index (χ1v) is 6.98. The molecule has 4 heteroatoms. The Bertz CT molecular complexity index is 462. The van der Waals surface area contributed by atoms with E-state index in [4.69, 9.17) is 23.2 Å². The van der Waals surface area contributed by atoms with Crippen LogP contribution in [0.5, 0.6) is 0 Å². The van der Waals surface area contributed by atoms with Crippen molar-refractivity contribution in [3.05, 3.63) is 56.2 Å². The molecule has 0 spiro atoms. The molecule has 1 unspecified atom stereocenters. The van der Waals surface area contributed by atoms with Crippen LogP contribution in [0, 0.1) is 0 Å². The highest BCUT2D eigenvalue weighted by Crippen LogP contribution is 2.26. The summed E-state index contributed by atoms with van der Waals surface area (Å²) in [6.07, 6.45) is 0.949. The fourth-order valence-corrected chi connectivity index (χ4v) is 3.09. The fraction of sp³-hybridized carbons (Fsp3) is 0.231. The minimum atomic E-state index is 0.241. The van der Waals surface area contributed by atoms with E-state index >= 15 is 0 Å². The van der Waals surface area contributed by atoms with Gasteiger partial charge in [-0.1, -0.05) is 29.3 Å². The molecule has 1 aromatic heterocycles. The van der Waals surface area contributed by atoms with E-state index in [9.17, 15) is 0 Å². The van der Waals surface area contributed by atoms with Crippen LogP contribution in [0.2, 0.25) is 10.0 Å². The molecule has 0 aliphatic carbocycles. The van der Waals surface area contributed by atoms with E-state index < -0.39 is 0 Å². The van der Waals surface area contributed by atoms with E-state index in [1.54, 1.807) is 17.4 Å². The second-order valence-electron chi connectivity index (χ2n) is 3.83. The maximum atomic E-state index is 6.02. The van der Waals surface area contributed by atoms with Gasteiger partial charge in [0.2, 0.25) is 0 Å². The maximum Gasteiger partial charge on any atom is 0.0424 e. The topological polar surface area (TPSA) is 12.0 Å². The Hall–Kier alpha value is -0.540. The van der Waals surface area contributed by atoms with Crippen LogP contribution >= 0.6 is 34.5 Å². The van der Waals surface area contributed by atoms with E-state index in [2.05, 4.69) is 22.8 Å². The Morgan fingerprint density at radius 1 is 1.24 bits per heavy atom. The molecule has 1 heterocycles. The summed E-state index contributed by atoms with van der Waals surface area (Å²) < 4.78 is 0. The number of benzene rings is 1. The molecule has 1 aromatic carbocycles. The van der Waals surface area contributed by atoms with E-state index in [1.165, 1.54) is 4.88 Å². The van der Waals surface area contributed by atoms with Crippen molar-refractivity contribution in [3.8, 4) is 0 Å². The molecule has 1 atom stereocenters. The lowest BCUT2D eigenvalue weighted by atomic mass is 10.0. The van der Waals surface area contributed by atoms with Gasteiger partial charge in [-0.2, -0.15) is 0 Å². The Morgan fingerprint density at radius 3 is 2.47 bits per heavy atom. The summed E-state index contributed by atoms with van der Waals surface area (Å²) in [5.41, 5.74) is 1.12. The zero-order chi connectivity index (χ0) is 12.3. The lowest BCUT2D eigenvalue weighted by molar-refractivity contribution is 0.596. The maximum absolute atomic E-state index is 6.02. The summed E-state index contributed by atoms with van der Waals surface area (Å²) in [5.74, 6) is 0. The molecule has 0 radical (unpaired) electrons. The molecule has 0 saturated heterocycles. The highest BCUT2D eigenvalue weighted by molar-refractivity contribution is 7.09. The Morgan fingerprint density at radius 2 is 1.94 bits per heavy atom. The van der Waals surface area contributed by atoms with Crippen LogP contribution < -0.4 is 5.32 Å². The number of thiophene rings is 1. The summed E-state index contributed by atoms with van der Waals surface area (Å²) in [7, 11) is 1.95. The van der Waals surface area contributed by atoms with Crippen molar-refractivity contribution in [1.82, 2.24) is 5.32 Å². The molecular weight excluding hydrogens is 273 g/mol. The number of nitrogens with one attached hydrogen (secondary N) is 1. The summed E-state index contributed by atoms with van der Waals surface area (Å²) in [5, 5.41) is 6.75. The van der Waals surface area contributed by atoms with Crippen LogP contribution in [-0.2, 0) is 6.42 Å². The van der Waals surface area contributed by atoms with Gasteiger partial charge in [0.1, 0.15) is 0 Å². The molecule has 0 amide bonds. The molecule has 0 bridgehead atoms. The molecule has 1 nitrogen and oxygen atoms in total. The highest BCUT2D eigenvalue weighted by Gasteiger charge is 2.12. The van der Waals surface area contributed by atoms with Crippen molar-refractivity contribution in [1.29, 1.82) is 0 Å². The van der Waals surface area contributed by atoms with Crippen LogP contribution in [-0.4, -0.2) is 7.05 Å². The third-order valence-electron chi connectivity index (χ3n) is 2.62. The third kappa shape index (κ3) is 3.46. The minimum absolute atomic E-state index is 0.241. The summed E-state index contributed by atoms with van der Waals surface area (Å²) in [6, 6.07) is 10.1. The average Bonchev–Trinajstić information content (AvgIpc) is 2.77. The molecule has 2 rings (SSSR count). The van der Waals surface area contributed by atoms with E-state index in [0.29, 0.717) is 10.0 Å². The van der Waals surface area contributed by atoms with Gasteiger partial charge in [0.25, 0.3) is 0 Å². The van der Waals surface area contributed by atoms with Gasteiger partial charge < -0.3 is 5.32 Å². The summed E-state index contributed by atoms with van der Waals surface area (Å²) >= 11 is 13.8. The number of hydrogen-bond acceptors (Lipinski definition) is 2. The molecule has 0 fully saturated rings. The Balaban J connectivity index is 2.22. The molecule has 90 valence electrons. The van der Waals surface area contributed by atoms with Gasteiger partial charge in [-0.25, -0.2) is 0 Å². The number of hydrogen-bond donors (Lipinski definition) is 1. The van der Waals surface area contributed by atoms with Crippen molar-refractivity contribution in [2.45, 2.75) is 12.5 Å². The SMILES string of the molecule is CNC(Cc1cccs1)c1cc(Cl)cc(Cl)c1. The van der Waals surface area contributed by atoms with Gasteiger partial charge in [-0.15, -0.1) is 11.3 Å². The lowest BCUT2D eigenvalue weighted by Crippen LogP contribution is -2.18. The summed E-state index contributed by atoms with van der Waals surface area (Å²) in [6.45, 7) is 0. The molecule has 0 aliphatic rings. The second kappa shape index (κ2) is 5.87. The second-order valence-corrected chi connectivity index (χ2v) is 5.73. The first-order chi connectivity index (χ1) is 8.19. The van der Waals surface area contributed by atoms with E-state index in [0.717, 1.165) is 12.0 Å². The molecule has 0 saturated carbocycles. The number of likely N-dealkylation sites (N-methyl/N-ethyl adjacent to an activating group) is 1. The first-order valence-electron chi connectivity index (χ1n) is 5.34. The van der Waals surface area contributed by atoms with Crippen LogP contribution in [0.4, 0.5) is 0 Å². The molecule has 2 aromatic rings. The number of rotatable bonds is 4. The van der Waals surface area contributed by atoms with Crippen LogP contribution in [0.3, 0.4) is 0 Å². The standard InChI is InChI=1S/C13H13Cl2NS/c1-16-13(8-12-3-2-4-17-12)9-5-10(14)7-11(15)6-9/h2-7,13,16H,8H2,1H3. The summed E-state index contributed by atoms with van der Waals surface area (Å²) in [4.78, 5) is 1.35. The van der Waals surface area contributed by atoms with Crippen LogP contribution in [0.15, 0.2) is 35.7 Å². The molecular formula is C13H13Cl2NS. The van der Waals surface area contributed by atoms with Crippen molar-refractivity contribution in [2.75, 3.05) is 7.05 Å². The molecule has 17 heavy (non-hydrogen) atoms. The monoisotopic (exact) mass is 285 g/mol. The molecule has 1 N–H and O–H groups in total. The normalized spacial score (nSPS) is 12.6. The third-order valence-corrected chi connectivity index (χ3v) is 3.96. The van der Waals surface area contributed by atoms with Gasteiger partial charge >= 0.3 is 0 Å². The predicted octanol–water partition coefficient (Wildman–Crippen LogP) is 4.56. The van der Waals surface area contributed by atoms with E-state index in [1.807, 2.05) is 19.2 Å². The predicted molar refractivity (Wildman–Crippen MR) is 76.3 cm³/mol. The van der Waals surface area contributed by atoms with Gasteiger partial charge in [0.05, 0.1) is 0 Å². The zero-order valence-electron chi connectivity index (χ0n) is 9.41. The van der Waals surface area contributed by atoms with Crippen molar-refractivity contribution < 1.29 is 0 Å². The van der Waals surface area contributed by atoms with Crippen molar-refractivity contribution in [2.24, 2.45) is 0 Å². The molecule has 0 aliphatic heterocycles. The minimum Gasteiger partial charge on any atom is -0.313 e. The van der Waals surface area contributed by atoms with Gasteiger partial charge in [-0.05, 0) is 42.3 Å². The van der Waals surface area contributed by atoms with Crippen LogP contribution in [0.25, 0.3) is 0 Å². The largest absolute Gasteiger partial charge is 0.313 e. The first kappa shape index (κ1) is 12.9. The van der Waals surface area contributed by atoms with Gasteiger partial charge in [-0.3, -0.25) is 0 Å². The fourth-order valence-electron chi connectivity index (χ4n) is 1.79. The zero-order valence-corrected chi connectivity index (χ0v) is 11.7. The Labute approximate surface area is 115 Å².